The Hall–Kier alpha value is -2.20. The largest absolute Gasteiger partial charge is 0.507 e. The molecule has 0 atom stereocenters. The minimum Gasteiger partial charge on any atom is -0.507 e. The summed E-state index contributed by atoms with van der Waals surface area (Å²) in [4.78, 5) is 11.4. The van der Waals surface area contributed by atoms with Crippen molar-refractivity contribution in [2.75, 3.05) is 12.4 Å². The summed E-state index contributed by atoms with van der Waals surface area (Å²) >= 11 is 5.90. The van der Waals surface area contributed by atoms with Crippen molar-refractivity contribution in [3.05, 3.63) is 41.9 Å². The fourth-order valence-electron chi connectivity index (χ4n) is 1.79. The molecule has 0 aliphatic heterocycles. The third kappa shape index (κ3) is 2.48. The van der Waals surface area contributed by atoms with E-state index in [9.17, 15) is 9.90 Å². The molecule has 0 bridgehead atoms. The van der Waals surface area contributed by atoms with Crippen LogP contribution >= 0.6 is 11.6 Å². The first-order valence-electron chi connectivity index (χ1n) is 5.54. The number of halogens is 1. The predicted octanol–water partition coefficient (Wildman–Crippen LogP) is 3.33. The van der Waals surface area contributed by atoms with Crippen LogP contribution in [0, 0.1) is 0 Å². The van der Waals surface area contributed by atoms with Crippen molar-refractivity contribution >= 4 is 34.0 Å². The smallest absolute Gasteiger partial charge is 0.335 e. The van der Waals surface area contributed by atoms with Crippen LogP contribution < -0.4 is 10.1 Å². The van der Waals surface area contributed by atoms with Gasteiger partial charge in [0.25, 0.3) is 0 Å². The van der Waals surface area contributed by atoms with Gasteiger partial charge in [0.1, 0.15) is 5.75 Å². The van der Waals surface area contributed by atoms with Crippen molar-refractivity contribution < 1.29 is 14.6 Å². The lowest BCUT2D eigenvalue weighted by molar-refractivity contribution is -0.128. The molecule has 0 amide bonds. The van der Waals surface area contributed by atoms with E-state index in [1.807, 2.05) is 0 Å². The zero-order chi connectivity index (χ0) is 14.0. The van der Waals surface area contributed by atoms with E-state index in [2.05, 4.69) is 11.9 Å². The van der Waals surface area contributed by atoms with Crippen molar-refractivity contribution in [3.8, 4) is 11.5 Å². The van der Waals surface area contributed by atoms with Crippen LogP contribution in [0.25, 0.3) is 10.8 Å². The molecule has 2 aromatic carbocycles. The number of anilines is 1. The summed E-state index contributed by atoms with van der Waals surface area (Å²) in [5.41, 5.74) is 0.502. The van der Waals surface area contributed by atoms with E-state index >= 15 is 0 Å². The van der Waals surface area contributed by atoms with Crippen molar-refractivity contribution in [2.45, 2.75) is 0 Å². The van der Waals surface area contributed by atoms with Gasteiger partial charge in [-0.3, -0.25) is 0 Å². The number of phenolic OH excluding ortho intramolecular Hbond substituents is 1. The van der Waals surface area contributed by atoms with Crippen molar-refractivity contribution in [1.82, 2.24) is 0 Å². The molecule has 0 radical (unpaired) electrons. The number of fused-ring (bicyclic) bond motifs is 1. The Kier molecular flexibility index (Phi) is 3.62. The molecular formula is C14H12ClNO3. The maximum Gasteiger partial charge on any atom is 0.335 e. The molecule has 0 unspecified atom stereocenters. The van der Waals surface area contributed by atoms with Crippen molar-refractivity contribution in [1.29, 1.82) is 0 Å². The van der Waals surface area contributed by atoms with Gasteiger partial charge in [0.2, 0.25) is 0 Å². The van der Waals surface area contributed by atoms with Gasteiger partial charge in [0.05, 0.1) is 5.69 Å². The highest BCUT2D eigenvalue weighted by molar-refractivity contribution is 6.31. The Bertz CT molecular complexity index is 667. The van der Waals surface area contributed by atoms with Crippen LogP contribution in [0.1, 0.15) is 0 Å². The lowest BCUT2D eigenvalue weighted by Gasteiger charge is -2.13. The quantitative estimate of drug-likeness (QED) is 0.513. The molecule has 0 saturated heterocycles. The SMILES string of the molecule is C=CC(=O)Oc1c(NC)cc(O)c2cc(Cl)ccc12. The van der Waals surface area contributed by atoms with Crippen LogP contribution in [-0.2, 0) is 4.79 Å². The Morgan fingerprint density at radius 1 is 1.42 bits per heavy atom. The first kappa shape index (κ1) is 13.2. The molecule has 0 aliphatic carbocycles. The number of nitrogens with one attached hydrogen (secondary N) is 1. The van der Waals surface area contributed by atoms with Gasteiger partial charge < -0.3 is 15.2 Å². The van der Waals surface area contributed by atoms with Gasteiger partial charge in [-0.2, -0.15) is 0 Å². The van der Waals surface area contributed by atoms with Crippen LogP contribution in [0.5, 0.6) is 11.5 Å². The highest BCUT2D eigenvalue weighted by Crippen LogP contribution is 2.40. The minimum atomic E-state index is -0.571. The molecule has 0 aromatic heterocycles. The number of benzene rings is 2. The van der Waals surface area contributed by atoms with Crippen LogP contribution in [0.15, 0.2) is 36.9 Å². The van der Waals surface area contributed by atoms with Gasteiger partial charge in [0, 0.05) is 35.0 Å². The van der Waals surface area contributed by atoms with E-state index in [4.69, 9.17) is 16.3 Å². The minimum absolute atomic E-state index is 0.0558. The predicted molar refractivity (Wildman–Crippen MR) is 76.0 cm³/mol. The summed E-state index contributed by atoms with van der Waals surface area (Å²) in [5.74, 6) is -0.185. The Morgan fingerprint density at radius 2 is 2.16 bits per heavy atom. The highest BCUT2D eigenvalue weighted by atomic mass is 35.5. The van der Waals surface area contributed by atoms with Gasteiger partial charge in [-0.25, -0.2) is 4.79 Å². The summed E-state index contributed by atoms with van der Waals surface area (Å²) < 4.78 is 5.22. The van der Waals surface area contributed by atoms with Gasteiger partial charge in [-0.15, -0.1) is 0 Å². The van der Waals surface area contributed by atoms with E-state index in [0.29, 0.717) is 27.2 Å². The normalized spacial score (nSPS) is 10.2. The number of rotatable bonds is 3. The second-order valence-corrected chi connectivity index (χ2v) is 4.27. The maximum atomic E-state index is 11.4. The first-order chi connectivity index (χ1) is 9.06. The molecule has 0 saturated carbocycles. The molecule has 98 valence electrons. The second-order valence-electron chi connectivity index (χ2n) is 3.84. The first-order valence-corrected chi connectivity index (χ1v) is 5.92. The Balaban J connectivity index is 2.74. The molecule has 2 aromatic rings. The summed E-state index contributed by atoms with van der Waals surface area (Å²) in [6, 6.07) is 6.43. The Morgan fingerprint density at radius 3 is 2.79 bits per heavy atom. The molecular weight excluding hydrogens is 266 g/mol. The summed E-state index contributed by atoms with van der Waals surface area (Å²) in [6.07, 6.45) is 1.08. The molecule has 4 nitrogen and oxygen atoms in total. The van der Waals surface area contributed by atoms with E-state index in [1.54, 1.807) is 25.2 Å². The number of phenols is 1. The standard InChI is InChI=1S/C14H12ClNO3/c1-3-13(18)19-14-9-5-4-8(15)6-10(9)12(17)7-11(14)16-2/h3-7,16-17H,1H2,2H3. The van der Waals surface area contributed by atoms with Crippen LogP contribution in [0.2, 0.25) is 5.02 Å². The lowest BCUT2D eigenvalue weighted by atomic mass is 10.1. The molecule has 0 spiro atoms. The van der Waals surface area contributed by atoms with E-state index < -0.39 is 5.97 Å². The number of esters is 1. The van der Waals surface area contributed by atoms with E-state index in [1.165, 1.54) is 6.07 Å². The summed E-state index contributed by atoms with van der Waals surface area (Å²) in [6.45, 7) is 3.36. The van der Waals surface area contributed by atoms with Gasteiger partial charge in [-0.1, -0.05) is 18.2 Å². The summed E-state index contributed by atoms with van der Waals surface area (Å²) in [5, 5.41) is 14.4. The van der Waals surface area contributed by atoms with Crippen LogP contribution in [0.3, 0.4) is 0 Å². The number of carbonyl (C=O) groups excluding carboxylic acids is 1. The third-order valence-corrected chi connectivity index (χ3v) is 2.90. The molecule has 2 N–H and O–H groups in total. The van der Waals surface area contributed by atoms with Crippen molar-refractivity contribution in [3.63, 3.8) is 0 Å². The Labute approximate surface area is 115 Å². The third-order valence-electron chi connectivity index (χ3n) is 2.67. The molecule has 2 rings (SSSR count). The number of ether oxygens (including phenoxy) is 1. The fraction of sp³-hybridized carbons (Fsp3) is 0.0714. The van der Waals surface area contributed by atoms with Gasteiger partial charge in [-0.05, 0) is 18.2 Å². The molecule has 0 heterocycles. The van der Waals surface area contributed by atoms with Crippen LogP contribution in [0.4, 0.5) is 5.69 Å². The zero-order valence-corrected chi connectivity index (χ0v) is 11.0. The van der Waals surface area contributed by atoms with E-state index in [0.717, 1.165) is 6.08 Å². The number of hydrogen-bond acceptors (Lipinski definition) is 4. The average molecular weight is 278 g/mol. The maximum absolute atomic E-state index is 11.4. The van der Waals surface area contributed by atoms with E-state index in [-0.39, 0.29) is 5.75 Å². The molecule has 0 fully saturated rings. The van der Waals surface area contributed by atoms with Gasteiger partial charge >= 0.3 is 5.97 Å². The average Bonchev–Trinajstić information content (AvgIpc) is 2.41. The molecule has 5 heteroatoms. The zero-order valence-electron chi connectivity index (χ0n) is 10.2. The van der Waals surface area contributed by atoms with Crippen LogP contribution in [-0.4, -0.2) is 18.1 Å². The summed E-state index contributed by atoms with van der Waals surface area (Å²) in [7, 11) is 1.67. The highest BCUT2D eigenvalue weighted by Gasteiger charge is 2.14. The molecule has 19 heavy (non-hydrogen) atoms. The number of hydrogen-bond donors (Lipinski definition) is 2. The number of carbonyl (C=O) groups is 1. The second kappa shape index (κ2) is 5.20. The van der Waals surface area contributed by atoms with Gasteiger partial charge in [0.15, 0.2) is 5.75 Å². The van der Waals surface area contributed by atoms with Crippen molar-refractivity contribution in [2.24, 2.45) is 0 Å². The topological polar surface area (TPSA) is 58.6 Å². The monoisotopic (exact) mass is 277 g/mol. The lowest BCUT2D eigenvalue weighted by Crippen LogP contribution is -2.06. The number of aromatic hydroxyl groups is 1. The molecule has 0 aliphatic rings. The fourth-order valence-corrected chi connectivity index (χ4v) is 1.96.